The van der Waals surface area contributed by atoms with Gasteiger partial charge in [0.2, 0.25) is 0 Å². The second kappa shape index (κ2) is 11.5. The van der Waals surface area contributed by atoms with E-state index >= 15 is 0 Å². The first-order chi connectivity index (χ1) is 23.0. The molecule has 2 amide bonds. The van der Waals surface area contributed by atoms with Gasteiger partial charge in [-0.3, -0.25) is 24.6 Å². The number of hydrogen-bond donors (Lipinski definition) is 1. The molecule has 7 aromatic rings. The van der Waals surface area contributed by atoms with E-state index < -0.39 is 11.8 Å². The topological polar surface area (TPSA) is 85.1 Å². The Morgan fingerprint density at radius 2 is 1.47 bits per heavy atom. The lowest BCUT2D eigenvalue weighted by Gasteiger charge is -2.14. The molecule has 0 radical (unpaired) electrons. The SMILES string of the molecule is CN(C)CCCn1nc(C2=C(c3c(-c4ccc5ccccc5c4)n(-c4cccnc4)c4ccccc34)C(=O)NC2=O)c2ccccc21. The van der Waals surface area contributed by atoms with Crippen LogP contribution in [0.4, 0.5) is 0 Å². The van der Waals surface area contributed by atoms with E-state index in [2.05, 4.69) is 50.1 Å². The number of para-hydroxylation sites is 2. The number of carbonyl (C=O) groups is 2. The Bertz CT molecular complexity index is 2380. The van der Waals surface area contributed by atoms with Gasteiger partial charge in [0.15, 0.2) is 0 Å². The van der Waals surface area contributed by atoms with E-state index in [1.165, 1.54) is 0 Å². The highest BCUT2D eigenvalue weighted by atomic mass is 16.2. The molecular formula is C39H32N6O2. The molecule has 0 spiro atoms. The molecule has 1 aliphatic rings. The molecule has 0 bridgehead atoms. The van der Waals surface area contributed by atoms with E-state index in [1.54, 1.807) is 6.20 Å². The number of rotatable bonds is 8. The van der Waals surface area contributed by atoms with Gasteiger partial charge in [-0.2, -0.15) is 5.10 Å². The van der Waals surface area contributed by atoms with Crippen LogP contribution in [-0.2, 0) is 16.1 Å². The van der Waals surface area contributed by atoms with Crippen molar-refractivity contribution in [3.8, 4) is 16.9 Å². The minimum absolute atomic E-state index is 0.286. The number of nitrogens with zero attached hydrogens (tertiary/aromatic N) is 5. The number of pyridine rings is 1. The summed E-state index contributed by atoms with van der Waals surface area (Å²) in [7, 11) is 4.10. The average Bonchev–Trinajstić information content (AvgIpc) is 3.72. The van der Waals surface area contributed by atoms with Crippen molar-refractivity contribution in [3.05, 3.63) is 127 Å². The minimum atomic E-state index is -0.448. The molecule has 0 saturated carbocycles. The first-order valence-electron chi connectivity index (χ1n) is 15.7. The standard InChI is InChI=1S/C39H32N6O2/c1-43(2)21-10-22-44-31-16-7-6-15-30(31)36(42-44)35-34(38(46)41-39(35)47)33-29-14-5-8-17-32(29)45(28-13-9-20-40-24-28)37(33)27-19-18-25-11-3-4-12-26(25)23-27/h3-9,11-20,23-24H,10,21-22H2,1-2H3,(H,41,46,47). The molecule has 8 nitrogen and oxygen atoms in total. The fraction of sp³-hybridized carbons (Fsp3) is 0.128. The lowest BCUT2D eigenvalue weighted by molar-refractivity contribution is -0.122. The second-order valence-electron chi connectivity index (χ2n) is 12.1. The van der Waals surface area contributed by atoms with E-state index in [1.807, 2.05) is 97.8 Å². The van der Waals surface area contributed by atoms with Crippen molar-refractivity contribution >= 4 is 55.5 Å². The fourth-order valence-corrected chi connectivity index (χ4v) is 6.80. The average molecular weight is 617 g/mol. The number of carbonyl (C=O) groups excluding carboxylic acids is 2. The van der Waals surface area contributed by atoms with Crippen molar-refractivity contribution in [2.45, 2.75) is 13.0 Å². The molecule has 1 N–H and O–H groups in total. The van der Waals surface area contributed by atoms with Crippen LogP contribution in [0, 0.1) is 0 Å². The number of imide groups is 1. The predicted molar refractivity (Wildman–Crippen MR) is 187 cm³/mol. The predicted octanol–water partition coefficient (Wildman–Crippen LogP) is 6.71. The monoisotopic (exact) mass is 616 g/mol. The van der Waals surface area contributed by atoms with Gasteiger partial charge >= 0.3 is 0 Å². The lowest BCUT2D eigenvalue weighted by atomic mass is 9.92. The molecular weight excluding hydrogens is 584 g/mol. The van der Waals surface area contributed by atoms with Crippen LogP contribution in [0.15, 0.2) is 116 Å². The second-order valence-corrected chi connectivity index (χ2v) is 12.1. The van der Waals surface area contributed by atoms with Gasteiger partial charge in [0, 0.05) is 29.1 Å². The van der Waals surface area contributed by atoms with Crippen LogP contribution in [0.25, 0.3) is 60.7 Å². The molecule has 3 aromatic heterocycles. The van der Waals surface area contributed by atoms with Crippen molar-refractivity contribution in [2.24, 2.45) is 0 Å². The number of amides is 2. The fourth-order valence-electron chi connectivity index (χ4n) is 6.80. The van der Waals surface area contributed by atoms with Gasteiger partial charge in [-0.1, -0.05) is 72.8 Å². The van der Waals surface area contributed by atoms with Crippen LogP contribution in [0.5, 0.6) is 0 Å². The summed E-state index contributed by atoms with van der Waals surface area (Å²) in [6.07, 6.45) is 4.45. The normalized spacial score (nSPS) is 13.5. The maximum absolute atomic E-state index is 14.1. The van der Waals surface area contributed by atoms with E-state index in [0.29, 0.717) is 23.4 Å². The lowest BCUT2D eigenvalue weighted by Crippen LogP contribution is -2.23. The maximum Gasteiger partial charge on any atom is 0.261 e. The molecule has 0 unspecified atom stereocenters. The quantitative estimate of drug-likeness (QED) is 0.192. The highest BCUT2D eigenvalue weighted by molar-refractivity contribution is 6.51. The van der Waals surface area contributed by atoms with Gasteiger partial charge in [-0.25, -0.2) is 0 Å². The Kier molecular flexibility index (Phi) is 7.00. The Balaban J connectivity index is 1.46. The summed E-state index contributed by atoms with van der Waals surface area (Å²) in [6.45, 7) is 1.58. The van der Waals surface area contributed by atoms with Crippen molar-refractivity contribution < 1.29 is 9.59 Å². The minimum Gasteiger partial charge on any atom is -0.309 e. The van der Waals surface area contributed by atoms with Crippen molar-refractivity contribution in [2.75, 3.05) is 20.6 Å². The van der Waals surface area contributed by atoms with Crippen LogP contribution in [0.1, 0.15) is 17.7 Å². The third kappa shape index (κ3) is 4.81. The Morgan fingerprint density at radius 1 is 0.745 bits per heavy atom. The Labute approximate surface area is 271 Å². The summed E-state index contributed by atoms with van der Waals surface area (Å²) in [5.41, 5.74) is 6.18. The van der Waals surface area contributed by atoms with E-state index in [4.69, 9.17) is 5.10 Å². The third-order valence-corrected chi connectivity index (χ3v) is 8.85. The van der Waals surface area contributed by atoms with Crippen LogP contribution >= 0.6 is 0 Å². The van der Waals surface area contributed by atoms with Gasteiger partial charge in [-0.15, -0.1) is 0 Å². The van der Waals surface area contributed by atoms with E-state index in [-0.39, 0.29) is 5.57 Å². The largest absolute Gasteiger partial charge is 0.309 e. The van der Waals surface area contributed by atoms with Gasteiger partial charge in [0.25, 0.3) is 11.8 Å². The number of benzene rings is 4. The molecule has 0 saturated heterocycles. The smallest absolute Gasteiger partial charge is 0.261 e. The summed E-state index contributed by atoms with van der Waals surface area (Å²) < 4.78 is 4.10. The summed E-state index contributed by atoms with van der Waals surface area (Å²) in [5.74, 6) is -0.885. The first-order valence-corrected chi connectivity index (χ1v) is 15.7. The Morgan fingerprint density at radius 3 is 2.26 bits per heavy atom. The Hall–Kier alpha value is -5.86. The molecule has 0 atom stereocenters. The molecule has 4 aromatic carbocycles. The number of nitrogens with one attached hydrogen (secondary N) is 1. The van der Waals surface area contributed by atoms with Crippen molar-refractivity contribution in [1.82, 2.24) is 29.5 Å². The molecule has 0 fully saturated rings. The van der Waals surface area contributed by atoms with Crippen LogP contribution < -0.4 is 5.32 Å². The summed E-state index contributed by atoms with van der Waals surface area (Å²) in [5, 5.41) is 11.5. The summed E-state index contributed by atoms with van der Waals surface area (Å²) >= 11 is 0. The van der Waals surface area contributed by atoms with Crippen molar-refractivity contribution in [1.29, 1.82) is 0 Å². The van der Waals surface area contributed by atoms with Gasteiger partial charge < -0.3 is 9.47 Å². The molecule has 4 heterocycles. The molecule has 1 aliphatic heterocycles. The molecule has 47 heavy (non-hydrogen) atoms. The highest BCUT2D eigenvalue weighted by Crippen LogP contribution is 2.45. The molecule has 0 aliphatic carbocycles. The summed E-state index contributed by atoms with van der Waals surface area (Å²) in [4.78, 5) is 34.6. The number of aromatic nitrogens is 4. The number of hydrogen-bond acceptors (Lipinski definition) is 5. The van der Waals surface area contributed by atoms with Gasteiger partial charge in [-0.05, 0) is 73.7 Å². The zero-order valence-electron chi connectivity index (χ0n) is 26.1. The van der Waals surface area contributed by atoms with E-state index in [0.717, 1.165) is 62.5 Å². The zero-order valence-corrected chi connectivity index (χ0v) is 26.1. The molecule has 230 valence electrons. The summed E-state index contributed by atoms with van der Waals surface area (Å²) in [6, 6.07) is 34.4. The highest BCUT2D eigenvalue weighted by Gasteiger charge is 2.38. The van der Waals surface area contributed by atoms with Crippen molar-refractivity contribution in [3.63, 3.8) is 0 Å². The van der Waals surface area contributed by atoms with Crippen LogP contribution in [0.3, 0.4) is 0 Å². The van der Waals surface area contributed by atoms with Crippen LogP contribution in [0.2, 0.25) is 0 Å². The van der Waals surface area contributed by atoms with Crippen LogP contribution in [-0.4, -0.2) is 56.7 Å². The van der Waals surface area contributed by atoms with Gasteiger partial charge in [0.05, 0.1) is 39.8 Å². The first kappa shape index (κ1) is 28.6. The number of aryl methyl sites for hydroxylation is 1. The third-order valence-electron chi connectivity index (χ3n) is 8.85. The number of fused-ring (bicyclic) bond motifs is 3. The maximum atomic E-state index is 14.1. The zero-order chi connectivity index (χ0) is 32.1. The van der Waals surface area contributed by atoms with E-state index in [9.17, 15) is 9.59 Å². The molecule has 8 rings (SSSR count). The molecule has 8 heteroatoms. The van der Waals surface area contributed by atoms with Gasteiger partial charge in [0.1, 0.15) is 5.69 Å².